The van der Waals surface area contributed by atoms with E-state index in [-0.39, 0.29) is 0 Å². The third kappa shape index (κ3) is 7.28. The van der Waals surface area contributed by atoms with Crippen LogP contribution >= 0.6 is 0 Å². The van der Waals surface area contributed by atoms with Gasteiger partial charge in [-0.3, -0.25) is 4.90 Å². The normalized spacial score (nSPS) is 14.3. The molecule has 5 heteroatoms. The predicted molar refractivity (Wildman–Crippen MR) is 172 cm³/mol. The van der Waals surface area contributed by atoms with E-state index in [0.717, 1.165) is 63.1 Å². The standard InChI is InChI=1S/C37H38N2O2.CH4O/c1-27-31(15-9-16-32(27)30-13-4-2-5-14-30)26-41-36-22-37(40-25-29-12-8-11-28(21-29)23-38)35(33-17-10-18-34(33)36)24-39-19-6-3-7-20-39;1-2/h2,4-5,8-9,11-16,21-22H,3,6-7,10,17-20,24-26H2,1H3;2H,1H3. The van der Waals surface area contributed by atoms with E-state index in [4.69, 9.17) is 14.6 Å². The highest BCUT2D eigenvalue weighted by molar-refractivity contribution is 5.68. The fourth-order valence-electron chi connectivity index (χ4n) is 6.38. The van der Waals surface area contributed by atoms with Crippen molar-refractivity contribution in [2.45, 2.75) is 65.2 Å². The zero-order valence-corrected chi connectivity index (χ0v) is 25.4. The van der Waals surface area contributed by atoms with Gasteiger partial charge in [0.15, 0.2) is 0 Å². The molecule has 222 valence electrons. The molecule has 0 atom stereocenters. The SMILES string of the molecule is CO.Cc1c(COc2cc(OCc3cccc(C#N)c3)c(CN3CCCCC3)c3c2CCC3)cccc1-c1ccccc1. The number of nitriles is 1. The molecule has 0 saturated carbocycles. The van der Waals surface area contributed by atoms with E-state index >= 15 is 0 Å². The van der Waals surface area contributed by atoms with Gasteiger partial charge in [0, 0.05) is 25.3 Å². The lowest BCUT2D eigenvalue weighted by molar-refractivity contribution is 0.214. The van der Waals surface area contributed by atoms with E-state index in [1.54, 1.807) is 0 Å². The Morgan fingerprint density at radius 2 is 1.51 bits per heavy atom. The zero-order chi connectivity index (χ0) is 30.0. The number of piperidine rings is 1. The minimum Gasteiger partial charge on any atom is -0.488 e. The van der Waals surface area contributed by atoms with E-state index in [2.05, 4.69) is 72.5 Å². The quantitative estimate of drug-likeness (QED) is 0.221. The molecule has 43 heavy (non-hydrogen) atoms. The lowest BCUT2D eigenvalue weighted by Gasteiger charge is -2.29. The summed E-state index contributed by atoms with van der Waals surface area (Å²) in [6, 6.07) is 29.1. The second-order valence-electron chi connectivity index (χ2n) is 11.3. The van der Waals surface area contributed by atoms with Gasteiger partial charge in [0.05, 0.1) is 11.6 Å². The van der Waals surface area contributed by atoms with Crippen molar-refractivity contribution in [3.8, 4) is 28.7 Å². The Morgan fingerprint density at radius 1 is 0.767 bits per heavy atom. The molecule has 1 N–H and O–H groups in total. The highest BCUT2D eigenvalue weighted by Crippen LogP contribution is 2.41. The number of fused-ring (bicyclic) bond motifs is 1. The molecule has 5 nitrogen and oxygen atoms in total. The predicted octanol–water partition coefficient (Wildman–Crippen LogP) is 7.77. The average Bonchev–Trinajstić information content (AvgIpc) is 3.57. The molecule has 1 aliphatic carbocycles. The van der Waals surface area contributed by atoms with Crippen LogP contribution in [0.1, 0.15) is 64.6 Å². The molecule has 0 radical (unpaired) electrons. The minimum atomic E-state index is 0.430. The molecule has 0 aromatic heterocycles. The Labute approximate surface area is 256 Å². The van der Waals surface area contributed by atoms with Crippen LogP contribution in [-0.2, 0) is 32.6 Å². The van der Waals surface area contributed by atoms with Crippen LogP contribution in [0, 0.1) is 18.3 Å². The highest BCUT2D eigenvalue weighted by Gasteiger charge is 2.26. The number of likely N-dealkylation sites (tertiary alicyclic amines) is 1. The van der Waals surface area contributed by atoms with Gasteiger partial charge in [-0.1, -0.05) is 67.1 Å². The van der Waals surface area contributed by atoms with Gasteiger partial charge in [-0.25, -0.2) is 0 Å². The Morgan fingerprint density at radius 3 is 2.30 bits per heavy atom. The van der Waals surface area contributed by atoms with Crippen molar-refractivity contribution < 1.29 is 14.6 Å². The Bertz CT molecular complexity index is 1550. The molecule has 0 spiro atoms. The maximum absolute atomic E-state index is 9.36. The topological polar surface area (TPSA) is 65.7 Å². The van der Waals surface area contributed by atoms with Crippen LogP contribution in [0.4, 0.5) is 0 Å². The summed E-state index contributed by atoms with van der Waals surface area (Å²) in [6.07, 6.45) is 7.12. The molecule has 0 bridgehead atoms. The number of rotatable bonds is 9. The molecule has 4 aromatic carbocycles. The van der Waals surface area contributed by atoms with Crippen molar-refractivity contribution in [2.24, 2.45) is 0 Å². The first kappa shape index (κ1) is 30.4. The van der Waals surface area contributed by atoms with Crippen LogP contribution in [0.15, 0.2) is 78.9 Å². The van der Waals surface area contributed by atoms with Gasteiger partial charge < -0.3 is 14.6 Å². The number of hydrogen-bond acceptors (Lipinski definition) is 5. The van der Waals surface area contributed by atoms with Gasteiger partial charge in [0.25, 0.3) is 0 Å². The monoisotopic (exact) mass is 574 g/mol. The van der Waals surface area contributed by atoms with Crippen LogP contribution in [0.3, 0.4) is 0 Å². The van der Waals surface area contributed by atoms with Crippen LogP contribution in [0.5, 0.6) is 11.5 Å². The maximum atomic E-state index is 9.36. The Hall–Kier alpha value is -4.11. The molecule has 1 saturated heterocycles. The largest absolute Gasteiger partial charge is 0.488 e. The first-order valence-corrected chi connectivity index (χ1v) is 15.4. The number of hydrogen-bond donors (Lipinski definition) is 1. The van der Waals surface area contributed by atoms with Crippen LogP contribution < -0.4 is 9.47 Å². The van der Waals surface area contributed by atoms with E-state index < -0.39 is 0 Å². The number of benzene rings is 4. The summed E-state index contributed by atoms with van der Waals surface area (Å²) in [4.78, 5) is 2.58. The summed E-state index contributed by atoms with van der Waals surface area (Å²) in [5, 5.41) is 16.4. The molecular formula is C38H42N2O3. The van der Waals surface area contributed by atoms with Gasteiger partial charge in [0.1, 0.15) is 24.7 Å². The van der Waals surface area contributed by atoms with Crippen LogP contribution in [0.25, 0.3) is 11.1 Å². The van der Waals surface area contributed by atoms with Gasteiger partial charge in [-0.2, -0.15) is 5.26 Å². The smallest absolute Gasteiger partial charge is 0.128 e. The molecule has 0 amide bonds. The average molecular weight is 575 g/mol. The second-order valence-corrected chi connectivity index (χ2v) is 11.3. The third-order valence-corrected chi connectivity index (χ3v) is 8.63. The van der Waals surface area contributed by atoms with Crippen molar-refractivity contribution in [1.29, 1.82) is 5.26 Å². The van der Waals surface area contributed by atoms with Crippen molar-refractivity contribution in [2.75, 3.05) is 20.2 Å². The number of aliphatic hydroxyl groups is 1. The summed E-state index contributed by atoms with van der Waals surface area (Å²) in [5.74, 6) is 1.87. The van der Waals surface area contributed by atoms with Gasteiger partial charge in [-0.15, -0.1) is 0 Å². The highest BCUT2D eigenvalue weighted by atomic mass is 16.5. The summed E-state index contributed by atoms with van der Waals surface area (Å²) in [5.41, 5.74) is 10.7. The molecule has 4 aromatic rings. The summed E-state index contributed by atoms with van der Waals surface area (Å²) < 4.78 is 13.2. The first-order valence-electron chi connectivity index (χ1n) is 15.4. The summed E-state index contributed by atoms with van der Waals surface area (Å²) >= 11 is 0. The fourth-order valence-corrected chi connectivity index (χ4v) is 6.38. The van der Waals surface area contributed by atoms with Crippen molar-refractivity contribution >= 4 is 0 Å². The van der Waals surface area contributed by atoms with Crippen LogP contribution in [-0.4, -0.2) is 30.2 Å². The summed E-state index contributed by atoms with van der Waals surface area (Å²) in [7, 11) is 1.00. The van der Waals surface area contributed by atoms with Crippen molar-refractivity contribution in [1.82, 2.24) is 4.90 Å². The third-order valence-electron chi connectivity index (χ3n) is 8.63. The first-order chi connectivity index (χ1) is 21.2. The van der Waals surface area contributed by atoms with E-state index in [1.165, 1.54) is 58.2 Å². The Kier molecular flexibility index (Phi) is 10.5. The van der Waals surface area contributed by atoms with Crippen molar-refractivity contribution in [3.05, 3.63) is 118 Å². The molecule has 1 fully saturated rings. The van der Waals surface area contributed by atoms with E-state index in [1.807, 2.05) is 24.3 Å². The van der Waals surface area contributed by atoms with E-state index in [9.17, 15) is 5.26 Å². The molecular weight excluding hydrogens is 532 g/mol. The zero-order valence-electron chi connectivity index (χ0n) is 25.4. The molecule has 1 heterocycles. The van der Waals surface area contributed by atoms with E-state index in [0.29, 0.717) is 18.8 Å². The molecule has 2 aliphatic rings. The van der Waals surface area contributed by atoms with Gasteiger partial charge in [0.2, 0.25) is 0 Å². The van der Waals surface area contributed by atoms with Gasteiger partial charge in [-0.05, 0) is 103 Å². The number of ether oxygens (including phenoxy) is 2. The Balaban J connectivity index is 0.00000180. The fraction of sp³-hybridized carbons (Fsp3) is 0.342. The maximum Gasteiger partial charge on any atom is 0.128 e. The summed E-state index contributed by atoms with van der Waals surface area (Å²) in [6.45, 7) is 6.36. The minimum absolute atomic E-state index is 0.430. The van der Waals surface area contributed by atoms with Crippen LogP contribution in [0.2, 0.25) is 0 Å². The molecule has 0 unspecified atom stereocenters. The van der Waals surface area contributed by atoms with Crippen molar-refractivity contribution in [3.63, 3.8) is 0 Å². The second kappa shape index (κ2) is 14.9. The van der Waals surface area contributed by atoms with Gasteiger partial charge >= 0.3 is 0 Å². The lowest BCUT2D eigenvalue weighted by atomic mass is 9.96. The lowest BCUT2D eigenvalue weighted by Crippen LogP contribution is -2.29. The molecule has 6 rings (SSSR count). The number of nitrogens with zero attached hydrogens (tertiary/aromatic N) is 2. The molecule has 1 aliphatic heterocycles. The number of aliphatic hydroxyl groups excluding tert-OH is 1.